The fourth-order valence-corrected chi connectivity index (χ4v) is 3.83. The van der Waals surface area contributed by atoms with Gasteiger partial charge < -0.3 is 5.11 Å². The normalized spacial score (nSPS) is 38.0. The maximum absolute atomic E-state index is 10.8. The molecule has 1 aliphatic carbocycles. The van der Waals surface area contributed by atoms with Crippen LogP contribution in [0.2, 0.25) is 0 Å². The Balaban J connectivity index is 1.73. The molecule has 0 bridgehead atoms. The molecule has 0 unspecified atom stereocenters. The molecule has 0 aromatic rings. The highest BCUT2D eigenvalue weighted by atomic mass is 32.2. The van der Waals surface area contributed by atoms with E-state index in [2.05, 4.69) is 4.99 Å². The lowest BCUT2D eigenvalue weighted by molar-refractivity contribution is -0.147. The number of thioether (sulfide) groups is 1. The molecule has 1 spiro atoms. The third kappa shape index (κ3) is 1.42. The molecule has 0 aromatic heterocycles. The molecule has 1 saturated carbocycles. The first-order valence-electron chi connectivity index (χ1n) is 5.31. The number of carboxylic acids is 1. The lowest BCUT2D eigenvalue weighted by Crippen LogP contribution is -2.43. The van der Waals surface area contributed by atoms with Crippen LogP contribution in [0.4, 0.5) is 0 Å². The van der Waals surface area contributed by atoms with Gasteiger partial charge in [-0.05, 0) is 31.3 Å². The second-order valence-corrected chi connectivity index (χ2v) is 5.83. The summed E-state index contributed by atoms with van der Waals surface area (Å²) in [5, 5.41) is 10.1. The summed E-state index contributed by atoms with van der Waals surface area (Å²) in [4.78, 5) is 15.3. The number of allylic oxidation sites excluding steroid dienone is 1. The monoisotopic (exact) mass is 223 g/mol. The van der Waals surface area contributed by atoms with Gasteiger partial charge in [-0.25, -0.2) is 0 Å². The van der Waals surface area contributed by atoms with Crippen LogP contribution in [0.15, 0.2) is 15.6 Å². The van der Waals surface area contributed by atoms with E-state index in [1.54, 1.807) is 0 Å². The van der Waals surface area contributed by atoms with E-state index in [1.165, 1.54) is 10.6 Å². The van der Waals surface area contributed by atoms with Crippen LogP contribution in [-0.2, 0) is 4.79 Å². The number of carboxylic acid groups (broad SMARTS) is 1. The van der Waals surface area contributed by atoms with E-state index in [9.17, 15) is 4.79 Å². The second kappa shape index (κ2) is 3.11. The van der Waals surface area contributed by atoms with Crippen LogP contribution < -0.4 is 0 Å². The largest absolute Gasteiger partial charge is 0.481 e. The van der Waals surface area contributed by atoms with Gasteiger partial charge in [0, 0.05) is 17.4 Å². The maximum atomic E-state index is 10.8. The molecule has 2 aliphatic heterocycles. The number of hydrogen-bond donors (Lipinski definition) is 1. The number of hydrogen-bond acceptors (Lipinski definition) is 3. The van der Waals surface area contributed by atoms with Crippen LogP contribution in [-0.4, -0.2) is 23.0 Å². The molecule has 4 heteroatoms. The Morgan fingerprint density at radius 2 is 2.40 bits per heavy atom. The van der Waals surface area contributed by atoms with Crippen LogP contribution in [0.5, 0.6) is 0 Å². The molecule has 1 N–H and O–H groups in total. The Labute approximate surface area is 92.7 Å². The van der Waals surface area contributed by atoms with Crippen LogP contribution in [0.3, 0.4) is 0 Å². The predicted octanol–water partition coefficient (Wildman–Crippen LogP) is 2.29. The van der Waals surface area contributed by atoms with Gasteiger partial charge in [0.25, 0.3) is 0 Å². The molecule has 0 amide bonds. The SMILES string of the molecule is O=C(O)C1CC2(C=NC3=C(CCS3)C2)C1. The smallest absolute Gasteiger partial charge is 0.306 e. The van der Waals surface area contributed by atoms with Crippen LogP contribution in [0.25, 0.3) is 0 Å². The second-order valence-electron chi connectivity index (χ2n) is 4.75. The summed E-state index contributed by atoms with van der Waals surface area (Å²) in [5.41, 5.74) is 1.57. The maximum Gasteiger partial charge on any atom is 0.306 e. The van der Waals surface area contributed by atoms with Crippen molar-refractivity contribution >= 4 is 23.9 Å². The molecular formula is C11H13NO2S. The van der Waals surface area contributed by atoms with Gasteiger partial charge in [-0.15, -0.1) is 11.8 Å². The average molecular weight is 223 g/mol. The van der Waals surface area contributed by atoms with Crippen molar-refractivity contribution in [1.82, 2.24) is 0 Å². The highest BCUT2D eigenvalue weighted by Gasteiger charge is 2.48. The van der Waals surface area contributed by atoms with E-state index in [1.807, 2.05) is 18.0 Å². The Kier molecular flexibility index (Phi) is 1.96. The molecule has 80 valence electrons. The Morgan fingerprint density at radius 3 is 3.13 bits per heavy atom. The summed E-state index contributed by atoms with van der Waals surface area (Å²) in [6.07, 6.45) is 5.80. The summed E-state index contributed by atoms with van der Waals surface area (Å²) in [6, 6.07) is 0. The quantitative estimate of drug-likeness (QED) is 0.742. The minimum Gasteiger partial charge on any atom is -0.481 e. The lowest BCUT2D eigenvalue weighted by Gasteiger charge is -2.45. The van der Waals surface area contributed by atoms with Crippen molar-refractivity contribution in [3.63, 3.8) is 0 Å². The number of carbonyl (C=O) groups is 1. The van der Waals surface area contributed by atoms with Crippen LogP contribution in [0, 0.1) is 11.3 Å². The van der Waals surface area contributed by atoms with Crippen molar-refractivity contribution in [2.45, 2.75) is 25.7 Å². The van der Waals surface area contributed by atoms with Crippen LogP contribution in [0.1, 0.15) is 25.7 Å². The minimum atomic E-state index is -0.644. The summed E-state index contributed by atoms with van der Waals surface area (Å²) < 4.78 is 0. The molecule has 2 heterocycles. The average Bonchev–Trinajstić information content (AvgIpc) is 2.59. The van der Waals surface area contributed by atoms with Gasteiger partial charge in [-0.3, -0.25) is 9.79 Å². The van der Waals surface area contributed by atoms with Crippen LogP contribution >= 0.6 is 11.8 Å². The van der Waals surface area contributed by atoms with Crippen molar-refractivity contribution in [2.75, 3.05) is 5.75 Å². The number of aliphatic imine (C=N–C) groups is 1. The minimum absolute atomic E-state index is 0.104. The Morgan fingerprint density at radius 1 is 1.60 bits per heavy atom. The molecule has 3 rings (SSSR count). The molecule has 0 saturated heterocycles. The fraction of sp³-hybridized carbons (Fsp3) is 0.636. The first kappa shape index (κ1) is 9.46. The van der Waals surface area contributed by atoms with Gasteiger partial charge in [0.1, 0.15) is 0 Å². The van der Waals surface area contributed by atoms with E-state index in [0.717, 1.165) is 31.4 Å². The summed E-state index contributed by atoms with van der Waals surface area (Å²) in [5.74, 6) is 0.378. The van der Waals surface area contributed by atoms with Crippen molar-refractivity contribution in [2.24, 2.45) is 16.3 Å². The highest BCUT2D eigenvalue weighted by Crippen LogP contribution is 2.53. The molecule has 0 radical (unpaired) electrons. The first-order valence-corrected chi connectivity index (χ1v) is 6.30. The first-order chi connectivity index (χ1) is 7.19. The van der Waals surface area contributed by atoms with Gasteiger partial charge in [0.05, 0.1) is 10.9 Å². The Hall–Kier alpha value is -0.770. The molecule has 1 fully saturated rings. The molecule has 3 nitrogen and oxygen atoms in total. The van der Waals surface area contributed by atoms with Crippen molar-refractivity contribution in [1.29, 1.82) is 0 Å². The van der Waals surface area contributed by atoms with Gasteiger partial charge in [-0.2, -0.15) is 0 Å². The third-order valence-corrected chi connectivity index (χ3v) is 4.70. The van der Waals surface area contributed by atoms with Crippen molar-refractivity contribution in [3.05, 3.63) is 10.6 Å². The molecular weight excluding hydrogens is 210 g/mol. The lowest BCUT2D eigenvalue weighted by atomic mass is 9.59. The molecule has 0 atom stereocenters. The van der Waals surface area contributed by atoms with Gasteiger partial charge >= 0.3 is 5.97 Å². The molecule has 15 heavy (non-hydrogen) atoms. The Bertz CT molecular complexity index is 380. The van der Waals surface area contributed by atoms with Gasteiger partial charge in [-0.1, -0.05) is 0 Å². The summed E-state index contributed by atoms with van der Waals surface area (Å²) in [7, 11) is 0. The van der Waals surface area contributed by atoms with E-state index in [4.69, 9.17) is 5.11 Å². The molecule has 3 aliphatic rings. The number of rotatable bonds is 1. The van der Waals surface area contributed by atoms with E-state index >= 15 is 0 Å². The zero-order valence-corrected chi connectivity index (χ0v) is 9.22. The standard InChI is InChI=1S/C11H13NO2S/c13-10(14)8-4-11(5-8)3-7-1-2-15-9(7)12-6-11/h6,8H,1-5H2,(H,13,14). The fourth-order valence-electron chi connectivity index (χ4n) is 2.78. The van der Waals surface area contributed by atoms with Gasteiger partial charge in [0.2, 0.25) is 0 Å². The summed E-state index contributed by atoms with van der Waals surface area (Å²) in [6.45, 7) is 0. The zero-order valence-electron chi connectivity index (χ0n) is 8.40. The third-order valence-electron chi connectivity index (χ3n) is 3.62. The topological polar surface area (TPSA) is 49.7 Å². The van der Waals surface area contributed by atoms with Gasteiger partial charge in [0.15, 0.2) is 0 Å². The highest BCUT2D eigenvalue weighted by molar-refractivity contribution is 8.03. The zero-order chi connectivity index (χ0) is 10.5. The van der Waals surface area contributed by atoms with E-state index in [-0.39, 0.29) is 11.3 Å². The number of aliphatic carboxylic acids is 1. The van der Waals surface area contributed by atoms with Crippen molar-refractivity contribution < 1.29 is 9.90 Å². The number of nitrogens with zero attached hydrogens (tertiary/aromatic N) is 1. The molecule has 0 aromatic carbocycles. The van der Waals surface area contributed by atoms with E-state index in [0.29, 0.717) is 0 Å². The predicted molar refractivity (Wildman–Crippen MR) is 60.0 cm³/mol. The van der Waals surface area contributed by atoms with E-state index < -0.39 is 5.97 Å². The van der Waals surface area contributed by atoms with Crippen molar-refractivity contribution in [3.8, 4) is 0 Å². The summed E-state index contributed by atoms with van der Waals surface area (Å²) >= 11 is 1.83.